The number of ether oxygens (including phenoxy) is 2. The third-order valence-corrected chi connectivity index (χ3v) is 15.1. The Bertz CT molecular complexity index is 5150. The lowest BCUT2D eigenvalue weighted by molar-refractivity contribution is -0.146. The minimum Gasteiger partial charge on any atom is -0.481 e. The predicted octanol–water partition coefficient (Wildman–Crippen LogP) is 17.1. The fourth-order valence-corrected chi connectivity index (χ4v) is 10.4. The number of aliphatic hydroxyl groups excluding tert-OH is 1. The number of carbonyl (C=O) groups excluding carboxylic acids is 2. The van der Waals surface area contributed by atoms with Crippen molar-refractivity contribution >= 4 is 200 Å². The minimum absolute atomic E-state index is 0. The summed E-state index contributed by atoms with van der Waals surface area (Å²) in [4.78, 5) is 86.7. The van der Waals surface area contributed by atoms with Crippen molar-refractivity contribution in [2.24, 2.45) is 11.5 Å². The number of H-pyrrole nitrogens is 1. The van der Waals surface area contributed by atoms with E-state index in [0.717, 1.165) is 108 Å². The molecular weight excluding hydrogens is 1620 g/mol. The van der Waals surface area contributed by atoms with Crippen LogP contribution in [0.2, 0.25) is 10.3 Å². The van der Waals surface area contributed by atoms with E-state index in [9.17, 15) is 18.9 Å². The molecule has 2 aliphatic carbocycles. The fraction of sp³-hybridized carbons (Fsp3) is 0.371. The van der Waals surface area contributed by atoms with Crippen LogP contribution in [0, 0.1) is 86.0 Å². The van der Waals surface area contributed by atoms with Crippen LogP contribution >= 0.6 is 86.1 Å². The number of rotatable bonds is 6. The number of aromatic nitrogens is 11. The molecule has 2 aliphatic rings. The summed E-state index contributed by atoms with van der Waals surface area (Å²) in [5.74, 6) is -1.14. The van der Waals surface area contributed by atoms with Gasteiger partial charge in [0.1, 0.15) is 47.0 Å². The van der Waals surface area contributed by atoms with Gasteiger partial charge in [0.05, 0.1) is 58.7 Å². The second kappa shape index (κ2) is 44.4. The molecule has 0 amide bonds. The molecule has 12 heterocycles. The lowest BCUT2D eigenvalue weighted by Crippen LogP contribution is -2.27. The number of furan rings is 4. The zero-order valence-corrected chi connectivity index (χ0v) is 66.5. The average Bonchev–Trinajstić information content (AvgIpc) is 1.63. The number of nitriles is 1. The molecule has 0 spiro atoms. The highest BCUT2D eigenvalue weighted by Gasteiger charge is 2.24. The number of halogens is 6. The summed E-state index contributed by atoms with van der Waals surface area (Å²) in [5, 5.41) is 34.1. The summed E-state index contributed by atoms with van der Waals surface area (Å²) in [5.41, 5.74) is 31.2. The number of aliphatic carboxylic acids is 1. The van der Waals surface area contributed by atoms with Gasteiger partial charge >= 0.3 is 17.1 Å². The van der Waals surface area contributed by atoms with Crippen molar-refractivity contribution in [2.45, 2.75) is 155 Å². The predicted molar refractivity (Wildman–Crippen MR) is 434 cm³/mol. The second-order valence-electron chi connectivity index (χ2n) is 22.9. The number of carboxylic acids is 1. The van der Waals surface area contributed by atoms with Gasteiger partial charge in [-0.05, 0) is 207 Å². The highest BCUT2D eigenvalue weighted by molar-refractivity contribution is 14.0. The maximum Gasteiger partial charge on any atom is 0.376 e. The molecule has 12 aromatic heterocycles. The third-order valence-electron chi connectivity index (χ3n) is 14.5. The second-order valence-corrected chi connectivity index (χ2v) is 30.3. The number of fused-ring (bicyclic) bond motifs is 10. The van der Waals surface area contributed by atoms with Crippen LogP contribution in [0.25, 0.3) is 77.7 Å². The summed E-state index contributed by atoms with van der Waals surface area (Å²) in [6.07, 6.45) is 12.7. The number of carboxylic acid groups (broad SMARTS) is 1. The Balaban J connectivity index is 0.000000626. The molecule has 107 heavy (non-hydrogen) atoms. The van der Waals surface area contributed by atoms with Gasteiger partial charge in [0.15, 0.2) is 22.1 Å². The molecule has 30 nitrogen and oxygen atoms in total. The number of pyridine rings is 5. The van der Waals surface area contributed by atoms with E-state index < -0.39 is 29.7 Å². The number of nitrogens with zero attached hydrogens (tertiary/aromatic N) is 11. The van der Waals surface area contributed by atoms with Crippen LogP contribution in [0.5, 0.6) is 0 Å². The Morgan fingerprint density at radius 3 is 1.45 bits per heavy atom. The van der Waals surface area contributed by atoms with Crippen molar-refractivity contribution in [3.8, 4) is 6.07 Å². The van der Waals surface area contributed by atoms with Crippen molar-refractivity contribution in [1.29, 1.82) is 10.7 Å². The standard InChI is InChI=1S/C15H16N4O.C12H14N2O3.C11H8ClN3O.C11H9N3O2.C8H7ClN2.C4H9N.C4H8O3.C2H4O2.CH4N2.2CH4.Cl3OP.HI.H2/c1-8-6-9(2)18-15-11(8)12-13(20-15)14(17-7-16-12)19-10-4-3-5-10;1-4-16-12(15)10-9(13)8-6(2)5-7(3)14-11(8)17-10;1-5-3-6(2)15-11-7(5)8-9(16-11)10(12)14-4-13-8;1-5-3-6(2)14-11-7(5)8-9(16-11)10(15)13-4-12-8;1-5-3-6(2)11-8(9)7(5)4-10;5-4-2-1-3-4;1-2-7-4(6)3-5;1-2(3)4;2-1-3;;;1-5(2,3)4;;/h6-7,10H,3-5H2,1-2H3,(H,16,17,19);5H,4,13H2,1-3H3;3-4H,1-2H3;3-4H,1-2H3,(H,12,13,15);3H,1-2H3;4H,1-3,5H2;5H,2-3H2,1H3;1H3,(H,3,4);1H,(H3,2,3);2*1H4;;2*1H. The van der Waals surface area contributed by atoms with Gasteiger partial charge in [0.25, 0.3) is 11.5 Å². The van der Waals surface area contributed by atoms with Gasteiger partial charge < -0.3 is 64.9 Å². The van der Waals surface area contributed by atoms with E-state index in [-0.39, 0.29) is 63.8 Å². The lowest BCUT2D eigenvalue weighted by Gasteiger charge is -2.26. The number of aryl methyl sites for hydroxylation is 10. The summed E-state index contributed by atoms with van der Waals surface area (Å²) in [7, 11) is 0. The molecule has 0 aliphatic heterocycles. The summed E-state index contributed by atoms with van der Waals surface area (Å²) < 4.78 is 41.0. The molecule has 0 aromatic carbocycles. The SMILES string of the molecule is C.C.CC(=O)O.CCOC(=O)CO.CCOC(=O)c1oc2nc(C)cc(C)c2c1N.Cc1cc(C)c(C#N)c(Cl)n1.Cc1cc(C)c2c(n1)oc1c(=O)[nH]cnc12.Cc1cc(C)c2c(n1)oc1c(Cl)ncnc12.Cc1cc(C)c2c(n1)oc1c(NC3CCC3)ncnc12.I.N=CN.NC1CCC1.O=P(Cl)(Cl)Cl.[HH]. The highest BCUT2D eigenvalue weighted by atomic mass is 127. The van der Waals surface area contributed by atoms with E-state index in [1.54, 1.807) is 20.2 Å². The molecule has 14 rings (SSSR count). The molecule has 37 heteroatoms. The normalized spacial score (nSPS) is 11.7. The first-order valence-electron chi connectivity index (χ1n) is 31.8. The Hall–Kier alpha value is -8.97. The number of nitrogen functional groups attached to an aromatic ring is 1. The van der Waals surface area contributed by atoms with Gasteiger partial charge in [-0.2, -0.15) is 5.26 Å². The Labute approximate surface area is 659 Å². The van der Waals surface area contributed by atoms with Crippen molar-refractivity contribution in [2.75, 3.05) is 30.9 Å². The van der Waals surface area contributed by atoms with E-state index in [2.05, 4.69) is 117 Å². The van der Waals surface area contributed by atoms with Gasteiger partial charge in [0, 0.05) is 48.9 Å². The number of esters is 2. The van der Waals surface area contributed by atoms with Crippen molar-refractivity contribution in [3.05, 3.63) is 138 Å². The minimum atomic E-state index is -3.22. The first kappa shape index (κ1) is 94.1. The van der Waals surface area contributed by atoms with Crippen molar-refractivity contribution in [1.82, 2.24) is 54.8 Å². The summed E-state index contributed by atoms with van der Waals surface area (Å²) >= 11 is 25.5. The Morgan fingerprint density at radius 1 is 0.673 bits per heavy atom. The quantitative estimate of drug-likeness (QED) is 0.0146. The molecule has 0 atom stereocenters. The number of aliphatic hydroxyl groups is 1. The zero-order valence-electron chi connectivity index (χ0n) is 59.5. The van der Waals surface area contributed by atoms with Crippen LogP contribution in [0.3, 0.4) is 0 Å². The Morgan fingerprint density at radius 2 is 1.06 bits per heavy atom. The van der Waals surface area contributed by atoms with Crippen molar-refractivity contribution < 1.29 is 57.7 Å². The lowest BCUT2D eigenvalue weighted by atomic mass is 9.93. The van der Waals surface area contributed by atoms with E-state index in [1.165, 1.54) is 51.2 Å². The summed E-state index contributed by atoms with van der Waals surface area (Å²) in [6, 6.07) is 12.8. The number of hydrogen-bond donors (Lipinski definition) is 8. The van der Waals surface area contributed by atoms with Gasteiger partial charge in [0.2, 0.25) is 34.2 Å². The molecule has 0 radical (unpaired) electrons. The van der Waals surface area contributed by atoms with Crippen LogP contribution in [-0.4, -0.2) is 121 Å². The molecule has 2 saturated carbocycles. The van der Waals surface area contributed by atoms with Gasteiger partial charge in [-0.3, -0.25) is 19.6 Å². The number of anilines is 2. The number of hydrogen-bond acceptors (Lipinski definition) is 27. The number of aromatic amines is 1. The highest BCUT2D eigenvalue weighted by Crippen LogP contribution is 2.61. The number of nitrogens with one attached hydrogen (secondary N) is 3. The Kier molecular flexibility index (Phi) is 39.0. The number of nitrogens with two attached hydrogens (primary N) is 3. The maximum atomic E-state index is 11.6. The molecule has 580 valence electrons. The van der Waals surface area contributed by atoms with E-state index in [0.29, 0.717) is 79.6 Å². The first-order valence-corrected chi connectivity index (χ1v) is 36.9. The fourth-order valence-electron chi connectivity index (χ4n) is 9.95. The topological polar surface area (TPSA) is 479 Å². The third kappa shape index (κ3) is 27.3. The van der Waals surface area contributed by atoms with Crippen LogP contribution in [0.4, 0.5) is 11.5 Å². The van der Waals surface area contributed by atoms with Crippen LogP contribution < -0.4 is 28.1 Å². The molecule has 11 N–H and O–H groups in total. The van der Waals surface area contributed by atoms with Crippen molar-refractivity contribution in [3.63, 3.8) is 0 Å². The number of carbonyl (C=O) groups is 3. The van der Waals surface area contributed by atoms with E-state index >= 15 is 0 Å². The van der Waals surface area contributed by atoms with Crippen LogP contribution in [-0.2, 0) is 23.6 Å². The largest absolute Gasteiger partial charge is 0.481 e. The zero-order chi connectivity index (χ0) is 77.4. The maximum absolute atomic E-state index is 11.6. The van der Waals surface area contributed by atoms with E-state index in [1.807, 2.05) is 92.6 Å². The molecule has 0 saturated heterocycles. The molecule has 0 unspecified atom stereocenters. The first-order chi connectivity index (χ1) is 49.1. The summed E-state index contributed by atoms with van der Waals surface area (Å²) in [6.45, 7) is 23.8. The monoisotopic (exact) mass is 1710 g/mol. The van der Waals surface area contributed by atoms with Gasteiger partial charge in [-0.1, -0.05) is 44.5 Å². The molecular formula is C70H90Cl5IN17O13P. The van der Waals surface area contributed by atoms with E-state index in [4.69, 9.17) is 82.8 Å². The van der Waals surface area contributed by atoms with Gasteiger partial charge in [-0.25, -0.2) is 59.4 Å². The molecule has 12 aromatic rings. The van der Waals surface area contributed by atoms with Gasteiger partial charge in [-0.15, -0.1) is 24.0 Å². The van der Waals surface area contributed by atoms with Crippen LogP contribution in [0.15, 0.2) is 71.8 Å². The van der Waals surface area contributed by atoms with Crippen LogP contribution in [0.1, 0.15) is 148 Å². The molecule has 2 fully saturated rings. The average molecular weight is 1710 g/mol. The molecule has 0 bridgehead atoms. The smallest absolute Gasteiger partial charge is 0.376 e.